The molecule has 3 aromatic rings. The van der Waals surface area contributed by atoms with Gasteiger partial charge in [0.25, 0.3) is 5.91 Å². The maximum absolute atomic E-state index is 13.6. The molecule has 5 heteroatoms. The molecule has 0 spiro atoms. The molecule has 31 heavy (non-hydrogen) atoms. The molecule has 0 unspecified atom stereocenters. The Balaban J connectivity index is 1.55. The molecule has 0 radical (unpaired) electrons. The molecule has 1 aliphatic heterocycles. The molecule has 3 aromatic carbocycles. The Bertz CT molecular complexity index is 1060. The minimum atomic E-state index is -1.13. The van der Waals surface area contributed by atoms with Gasteiger partial charge in [0.1, 0.15) is 12.4 Å². The molecular formula is C26H26N2O3. The van der Waals surface area contributed by atoms with Crippen molar-refractivity contribution in [1.29, 1.82) is 0 Å². The minimum Gasteiger partial charge on any atom is -0.492 e. The van der Waals surface area contributed by atoms with Crippen LogP contribution in [0.15, 0.2) is 78.9 Å². The van der Waals surface area contributed by atoms with Gasteiger partial charge in [0.15, 0.2) is 5.54 Å². The normalized spacial score (nSPS) is 18.2. The highest BCUT2D eigenvalue weighted by Gasteiger charge is 2.52. The number of nitrogens with zero attached hydrogens (tertiary/aromatic N) is 1. The first kappa shape index (κ1) is 20.7. The largest absolute Gasteiger partial charge is 0.492 e. The lowest BCUT2D eigenvalue weighted by Gasteiger charge is -2.27. The van der Waals surface area contributed by atoms with Crippen LogP contribution in [0.25, 0.3) is 0 Å². The van der Waals surface area contributed by atoms with Crippen molar-refractivity contribution in [2.24, 2.45) is 0 Å². The second kappa shape index (κ2) is 8.64. The number of hydrogen-bond acceptors (Lipinski definition) is 3. The van der Waals surface area contributed by atoms with Crippen molar-refractivity contribution in [1.82, 2.24) is 10.2 Å². The van der Waals surface area contributed by atoms with Crippen molar-refractivity contribution in [2.75, 3.05) is 13.2 Å². The highest BCUT2D eigenvalue weighted by molar-refractivity contribution is 6.07. The molecule has 1 N–H and O–H groups in total. The number of urea groups is 1. The van der Waals surface area contributed by atoms with E-state index in [1.165, 1.54) is 4.90 Å². The number of imide groups is 1. The Labute approximate surface area is 182 Å². The van der Waals surface area contributed by atoms with Crippen LogP contribution in [0.4, 0.5) is 4.79 Å². The summed E-state index contributed by atoms with van der Waals surface area (Å²) in [6.07, 6.45) is 0.386. The number of carbonyl (C=O) groups is 2. The van der Waals surface area contributed by atoms with Crippen molar-refractivity contribution in [3.05, 3.63) is 101 Å². The summed E-state index contributed by atoms with van der Waals surface area (Å²) < 4.78 is 5.84. The van der Waals surface area contributed by atoms with Crippen LogP contribution in [-0.2, 0) is 16.8 Å². The number of rotatable bonds is 7. The zero-order chi connectivity index (χ0) is 21.8. The number of amides is 3. The van der Waals surface area contributed by atoms with E-state index in [-0.39, 0.29) is 19.1 Å². The monoisotopic (exact) mass is 414 g/mol. The molecule has 0 aromatic heterocycles. The SMILES string of the molecule is Cc1cc(C)cc(OCCN2C(=O)N[C@](Cc3ccccc3)(c3ccccc3)C2=O)c1. The summed E-state index contributed by atoms with van der Waals surface area (Å²) in [5.41, 5.74) is 2.84. The molecule has 1 fully saturated rings. The fourth-order valence-electron chi connectivity index (χ4n) is 4.14. The topological polar surface area (TPSA) is 58.6 Å². The number of nitrogens with one attached hydrogen (secondary N) is 1. The lowest BCUT2D eigenvalue weighted by molar-refractivity contribution is -0.131. The lowest BCUT2D eigenvalue weighted by atomic mass is 9.83. The van der Waals surface area contributed by atoms with Crippen molar-refractivity contribution in [3.63, 3.8) is 0 Å². The van der Waals surface area contributed by atoms with Crippen LogP contribution in [-0.4, -0.2) is 30.0 Å². The van der Waals surface area contributed by atoms with E-state index in [9.17, 15) is 9.59 Å². The van der Waals surface area contributed by atoms with Gasteiger partial charge < -0.3 is 10.1 Å². The van der Waals surface area contributed by atoms with Crippen LogP contribution >= 0.6 is 0 Å². The smallest absolute Gasteiger partial charge is 0.325 e. The Morgan fingerprint density at radius 3 is 2.13 bits per heavy atom. The fraction of sp³-hybridized carbons (Fsp3) is 0.231. The summed E-state index contributed by atoms with van der Waals surface area (Å²) in [7, 11) is 0. The van der Waals surface area contributed by atoms with Gasteiger partial charge in [-0.2, -0.15) is 0 Å². The predicted molar refractivity (Wildman–Crippen MR) is 120 cm³/mol. The molecule has 3 amide bonds. The number of benzene rings is 3. The zero-order valence-electron chi connectivity index (χ0n) is 17.8. The fourth-order valence-corrected chi connectivity index (χ4v) is 4.14. The van der Waals surface area contributed by atoms with Gasteiger partial charge in [-0.15, -0.1) is 0 Å². The van der Waals surface area contributed by atoms with E-state index < -0.39 is 11.6 Å². The van der Waals surface area contributed by atoms with Crippen LogP contribution in [0, 0.1) is 13.8 Å². The van der Waals surface area contributed by atoms with Gasteiger partial charge in [0, 0.05) is 6.42 Å². The first-order chi connectivity index (χ1) is 15.0. The standard InChI is InChI=1S/C26H26N2O3/c1-19-15-20(2)17-23(16-19)31-14-13-28-24(29)26(27-25(28)30,22-11-7-4-8-12-22)18-21-9-5-3-6-10-21/h3-12,15-17H,13-14,18H2,1-2H3,(H,27,30)/t26-/m1/s1. The van der Waals surface area contributed by atoms with Gasteiger partial charge in [0.05, 0.1) is 6.54 Å². The van der Waals surface area contributed by atoms with Gasteiger partial charge in [-0.05, 0) is 48.2 Å². The Kier molecular flexibility index (Phi) is 5.76. The molecule has 0 bridgehead atoms. The van der Waals surface area contributed by atoms with Crippen LogP contribution in [0.5, 0.6) is 5.75 Å². The summed E-state index contributed by atoms with van der Waals surface area (Å²) in [5.74, 6) is 0.486. The van der Waals surface area contributed by atoms with E-state index in [0.29, 0.717) is 6.42 Å². The Morgan fingerprint density at radius 1 is 0.871 bits per heavy atom. The summed E-state index contributed by atoms with van der Waals surface area (Å²) in [5, 5.41) is 2.98. The maximum atomic E-state index is 13.6. The Hall–Kier alpha value is -3.60. The molecule has 1 saturated heterocycles. The van der Waals surface area contributed by atoms with Gasteiger partial charge in [-0.3, -0.25) is 9.69 Å². The summed E-state index contributed by atoms with van der Waals surface area (Å²) in [4.78, 5) is 27.7. The molecule has 158 valence electrons. The van der Waals surface area contributed by atoms with Crippen LogP contribution < -0.4 is 10.1 Å². The molecular weight excluding hydrogens is 388 g/mol. The zero-order valence-corrected chi connectivity index (χ0v) is 17.8. The third-order valence-electron chi connectivity index (χ3n) is 5.53. The molecule has 1 heterocycles. The van der Waals surface area contributed by atoms with Crippen molar-refractivity contribution >= 4 is 11.9 Å². The average Bonchev–Trinajstić information content (AvgIpc) is 2.99. The molecule has 1 aliphatic rings. The number of carbonyl (C=O) groups excluding carboxylic acids is 2. The minimum absolute atomic E-state index is 0.182. The van der Waals surface area contributed by atoms with E-state index in [1.807, 2.05) is 86.6 Å². The summed E-state index contributed by atoms with van der Waals surface area (Å²) >= 11 is 0. The molecule has 1 atom stereocenters. The van der Waals surface area contributed by atoms with Crippen LogP contribution in [0.3, 0.4) is 0 Å². The second-order valence-corrected chi connectivity index (χ2v) is 7.99. The van der Waals surface area contributed by atoms with Crippen molar-refractivity contribution in [2.45, 2.75) is 25.8 Å². The van der Waals surface area contributed by atoms with Crippen molar-refractivity contribution in [3.8, 4) is 5.75 Å². The van der Waals surface area contributed by atoms with Crippen LogP contribution in [0.1, 0.15) is 22.3 Å². The molecule has 5 nitrogen and oxygen atoms in total. The van der Waals surface area contributed by atoms with Crippen molar-refractivity contribution < 1.29 is 14.3 Å². The first-order valence-corrected chi connectivity index (χ1v) is 10.4. The third kappa shape index (κ3) is 4.31. The van der Waals surface area contributed by atoms with E-state index in [1.54, 1.807) is 0 Å². The van der Waals surface area contributed by atoms with Gasteiger partial charge >= 0.3 is 6.03 Å². The van der Waals surface area contributed by atoms with Gasteiger partial charge in [-0.1, -0.05) is 66.7 Å². The molecule has 0 aliphatic carbocycles. The van der Waals surface area contributed by atoms with E-state index in [2.05, 4.69) is 11.4 Å². The quantitative estimate of drug-likeness (QED) is 0.584. The van der Waals surface area contributed by atoms with Gasteiger partial charge in [-0.25, -0.2) is 4.79 Å². The summed E-state index contributed by atoms with van der Waals surface area (Å²) in [6, 6.07) is 24.7. The molecule has 4 rings (SSSR count). The average molecular weight is 415 g/mol. The highest BCUT2D eigenvalue weighted by atomic mass is 16.5. The van der Waals surface area contributed by atoms with E-state index in [0.717, 1.165) is 28.0 Å². The first-order valence-electron chi connectivity index (χ1n) is 10.4. The van der Waals surface area contributed by atoms with E-state index in [4.69, 9.17) is 4.74 Å². The predicted octanol–water partition coefficient (Wildman–Crippen LogP) is 4.37. The third-order valence-corrected chi connectivity index (χ3v) is 5.53. The summed E-state index contributed by atoms with van der Waals surface area (Å²) in [6.45, 7) is 4.43. The van der Waals surface area contributed by atoms with E-state index >= 15 is 0 Å². The number of hydrogen-bond donors (Lipinski definition) is 1. The lowest BCUT2D eigenvalue weighted by Crippen LogP contribution is -2.46. The number of aryl methyl sites for hydroxylation is 2. The highest BCUT2D eigenvalue weighted by Crippen LogP contribution is 2.33. The number of ether oxygens (including phenoxy) is 1. The van der Waals surface area contributed by atoms with Gasteiger partial charge in [0.2, 0.25) is 0 Å². The van der Waals surface area contributed by atoms with Crippen LogP contribution in [0.2, 0.25) is 0 Å². The Morgan fingerprint density at radius 2 is 1.48 bits per heavy atom. The molecule has 0 saturated carbocycles. The second-order valence-electron chi connectivity index (χ2n) is 7.99. The maximum Gasteiger partial charge on any atom is 0.325 e.